The first kappa shape index (κ1) is 15.4. The molecule has 118 valence electrons. The molecule has 0 atom stereocenters. The molecule has 0 N–H and O–H groups in total. The van der Waals surface area contributed by atoms with Crippen LogP contribution in [0.1, 0.15) is 31.4 Å². The number of benzene rings is 2. The maximum absolute atomic E-state index is 6.11. The zero-order valence-electron chi connectivity index (χ0n) is 13.9. The SMILES string of the molecule is COc1ccc2c(c1)OC(C)(C)C/C2=C\C=C\c1ccccc1. The highest BCUT2D eigenvalue weighted by Crippen LogP contribution is 2.41. The predicted molar refractivity (Wildman–Crippen MR) is 95.8 cm³/mol. The molecule has 0 saturated carbocycles. The van der Waals surface area contributed by atoms with Crippen LogP contribution in [0.25, 0.3) is 11.6 Å². The van der Waals surface area contributed by atoms with Gasteiger partial charge in [-0.1, -0.05) is 48.6 Å². The Labute approximate surface area is 138 Å². The summed E-state index contributed by atoms with van der Waals surface area (Å²) in [5.74, 6) is 1.71. The van der Waals surface area contributed by atoms with Crippen LogP contribution < -0.4 is 9.47 Å². The molecule has 1 heterocycles. The van der Waals surface area contributed by atoms with Crippen molar-refractivity contribution in [1.29, 1.82) is 0 Å². The largest absolute Gasteiger partial charge is 0.497 e. The van der Waals surface area contributed by atoms with Crippen LogP contribution in [0.4, 0.5) is 0 Å². The summed E-state index contributed by atoms with van der Waals surface area (Å²) in [5.41, 5.74) is 3.41. The topological polar surface area (TPSA) is 18.5 Å². The third-order valence-corrected chi connectivity index (χ3v) is 3.92. The minimum absolute atomic E-state index is 0.216. The Bertz CT molecular complexity index is 740. The molecule has 23 heavy (non-hydrogen) atoms. The van der Waals surface area contributed by atoms with Crippen LogP contribution in [-0.2, 0) is 0 Å². The lowest BCUT2D eigenvalue weighted by Gasteiger charge is -2.34. The first-order chi connectivity index (χ1) is 11.1. The van der Waals surface area contributed by atoms with Gasteiger partial charge in [-0.05, 0) is 37.1 Å². The summed E-state index contributed by atoms with van der Waals surface area (Å²) < 4.78 is 11.4. The van der Waals surface area contributed by atoms with Gasteiger partial charge in [-0.25, -0.2) is 0 Å². The average molecular weight is 306 g/mol. The van der Waals surface area contributed by atoms with Gasteiger partial charge in [0, 0.05) is 18.1 Å². The van der Waals surface area contributed by atoms with E-state index in [4.69, 9.17) is 9.47 Å². The lowest BCUT2D eigenvalue weighted by molar-refractivity contribution is 0.107. The first-order valence-corrected chi connectivity index (χ1v) is 7.87. The van der Waals surface area contributed by atoms with Crippen LogP contribution in [0.5, 0.6) is 11.5 Å². The van der Waals surface area contributed by atoms with Crippen LogP contribution in [0, 0.1) is 0 Å². The maximum Gasteiger partial charge on any atom is 0.131 e. The molecule has 2 aromatic carbocycles. The first-order valence-electron chi connectivity index (χ1n) is 7.87. The van der Waals surface area contributed by atoms with E-state index in [-0.39, 0.29) is 5.60 Å². The summed E-state index contributed by atoms with van der Waals surface area (Å²) in [5, 5.41) is 0. The summed E-state index contributed by atoms with van der Waals surface area (Å²) in [4.78, 5) is 0. The maximum atomic E-state index is 6.11. The zero-order chi connectivity index (χ0) is 16.3. The predicted octanol–water partition coefficient (Wildman–Crippen LogP) is 5.35. The Morgan fingerprint density at radius 1 is 1.09 bits per heavy atom. The highest BCUT2D eigenvalue weighted by Gasteiger charge is 2.29. The van der Waals surface area contributed by atoms with Crippen molar-refractivity contribution in [1.82, 2.24) is 0 Å². The third-order valence-electron chi connectivity index (χ3n) is 3.92. The molecule has 0 saturated heterocycles. The van der Waals surface area contributed by atoms with Gasteiger partial charge in [-0.3, -0.25) is 0 Å². The van der Waals surface area contributed by atoms with E-state index in [1.54, 1.807) is 7.11 Å². The Balaban J connectivity index is 1.93. The number of rotatable bonds is 3. The Hall–Kier alpha value is -2.48. The fraction of sp³-hybridized carbons (Fsp3) is 0.238. The van der Waals surface area contributed by atoms with Crippen molar-refractivity contribution in [3.8, 4) is 11.5 Å². The number of hydrogen-bond donors (Lipinski definition) is 0. The lowest BCUT2D eigenvalue weighted by atomic mass is 9.89. The van der Waals surface area contributed by atoms with Crippen molar-refractivity contribution in [3.63, 3.8) is 0 Å². The number of ether oxygens (including phenoxy) is 2. The van der Waals surface area contributed by atoms with Crippen molar-refractivity contribution < 1.29 is 9.47 Å². The number of methoxy groups -OCH3 is 1. The molecule has 0 unspecified atom stereocenters. The van der Waals surface area contributed by atoms with E-state index in [9.17, 15) is 0 Å². The normalized spacial score (nSPS) is 17.8. The van der Waals surface area contributed by atoms with Gasteiger partial charge >= 0.3 is 0 Å². The molecule has 0 aliphatic carbocycles. The number of allylic oxidation sites excluding steroid dienone is 2. The second-order valence-corrected chi connectivity index (χ2v) is 6.36. The van der Waals surface area contributed by atoms with Crippen LogP contribution in [0.2, 0.25) is 0 Å². The van der Waals surface area contributed by atoms with Gasteiger partial charge < -0.3 is 9.47 Å². The highest BCUT2D eigenvalue weighted by molar-refractivity contribution is 5.75. The van der Waals surface area contributed by atoms with E-state index in [0.717, 1.165) is 23.5 Å². The summed E-state index contributed by atoms with van der Waals surface area (Å²) in [6.45, 7) is 4.23. The van der Waals surface area contributed by atoms with E-state index in [0.29, 0.717) is 0 Å². The number of hydrogen-bond acceptors (Lipinski definition) is 2. The van der Waals surface area contributed by atoms with Gasteiger partial charge in [0.25, 0.3) is 0 Å². The van der Waals surface area contributed by atoms with Crippen LogP contribution in [-0.4, -0.2) is 12.7 Å². The summed E-state index contributed by atoms with van der Waals surface area (Å²) in [6, 6.07) is 16.3. The second kappa shape index (κ2) is 6.33. The van der Waals surface area contributed by atoms with Gasteiger partial charge in [0.1, 0.15) is 17.1 Å². The quantitative estimate of drug-likeness (QED) is 0.760. The molecule has 0 amide bonds. The summed E-state index contributed by atoms with van der Waals surface area (Å²) in [6.07, 6.45) is 7.30. The van der Waals surface area contributed by atoms with E-state index in [1.807, 2.05) is 30.3 Å². The van der Waals surface area contributed by atoms with Crippen molar-refractivity contribution in [2.45, 2.75) is 25.9 Å². The molecule has 0 fully saturated rings. The smallest absolute Gasteiger partial charge is 0.131 e. The van der Waals surface area contributed by atoms with Crippen molar-refractivity contribution in [2.24, 2.45) is 0 Å². The molecule has 2 aromatic rings. The third kappa shape index (κ3) is 3.65. The molecule has 3 rings (SSSR count). The molecule has 0 aromatic heterocycles. The Morgan fingerprint density at radius 3 is 2.61 bits per heavy atom. The minimum Gasteiger partial charge on any atom is -0.497 e. The minimum atomic E-state index is -0.216. The summed E-state index contributed by atoms with van der Waals surface area (Å²) >= 11 is 0. The molecular weight excluding hydrogens is 284 g/mol. The molecule has 0 spiro atoms. The van der Waals surface area contributed by atoms with Gasteiger partial charge in [0.15, 0.2) is 0 Å². The van der Waals surface area contributed by atoms with Crippen LogP contribution >= 0.6 is 0 Å². The van der Waals surface area contributed by atoms with Crippen LogP contribution in [0.15, 0.2) is 60.7 Å². The van der Waals surface area contributed by atoms with E-state index >= 15 is 0 Å². The molecule has 0 bridgehead atoms. The fourth-order valence-electron chi connectivity index (χ4n) is 2.86. The fourth-order valence-corrected chi connectivity index (χ4v) is 2.86. The van der Waals surface area contributed by atoms with Gasteiger partial charge in [-0.15, -0.1) is 0 Å². The molecule has 1 aliphatic rings. The van der Waals surface area contributed by atoms with E-state index in [2.05, 4.69) is 50.3 Å². The lowest BCUT2D eigenvalue weighted by Crippen LogP contribution is -2.32. The number of fused-ring (bicyclic) bond motifs is 1. The van der Waals surface area contributed by atoms with Crippen molar-refractivity contribution >= 4 is 11.6 Å². The molecule has 1 aliphatic heterocycles. The van der Waals surface area contributed by atoms with Crippen molar-refractivity contribution in [2.75, 3.05) is 7.11 Å². The second-order valence-electron chi connectivity index (χ2n) is 6.36. The highest BCUT2D eigenvalue weighted by atomic mass is 16.5. The van der Waals surface area contributed by atoms with Crippen LogP contribution in [0.3, 0.4) is 0 Å². The molecule has 2 heteroatoms. The van der Waals surface area contributed by atoms with Crippen molar-refractivity contribution in [3.05, 3.63) is 71.8 Å². The van der Waals surface area contributed by atoms with Gasteiger partial charge in [0.05, 0.1) is 7.11 Å². The molecule has 2 nitrogen and oxygen atoms in total. The van der Waals surface area contributed by atoms with E-state index < -0.39 is 0 Å². The standard InChI is InChI=1S/C21H22O2/c1-21(2)15-17(11-7-10-16-8-5-4-6-9-16)19-13-12-18(22-3)14-20(19)23-21/h4-14H,15H2,1-3H3/b10-7+,17-11+. The van der Waals surface area contributed by atoms with Gasteiger partial charge in [0.2, 0.25) is 0 Å². The van der Waals surface area contributed by atoms with E-state index in [1.165, 1.54) is 11.1 Å². The summed E-state index contributed by atoms with van der Waals surface area (Å²) in [7, 11) is 1.68. The zero-order valence-corrected chi connectivity index (χ0v) is 13.9. The average Bonchev–Trinajstić information content (AvgIpc) is 2.54. The molecular formula is C21H22O2. The monoisotopic (exact) mass is 306 g/mol. The Morgan fingerprint density at radius 2 is 1.87 bits per heavy atom. The van der Waals surface area contributed by atoms with Gasteiger partial charge in [-0.2, -0.15) is 0 Å². The Kier molecular flexibility index (Phi) is 4.24. The molecule has 0 radical (unpaired) electrons.